The van der Waals surface area contributed by atoms with E-state index in [1.54, 1.807) is 12.1 Å². The van der Waals surface area contributed by atoms with Crippen LogP contribution in [0.15, 0.2) is 48.8 Å². The zero-order valence-corrected chi connectivity index (χ0v) is 19.3. The molecule has 0 aliphatic carbocycles. The Morgan fingerprint density at radius 2 is 2.14 bits per heavy atom. The molecule has 2 saturated heterocycles. The van der Waals surface area contributed by atoms with Crippen LogP contribution in [0, 0.1) is 11.3 Å². The highest BCUT2D eigenvalue weighted by Gasteiger charge is 2.64. The minimum atomic E-state index is -4.43. The van der Waals surface area contributed by atoms with E-state index in [1.165, 1.54) is 10.8 Å². The third kappa shape index (κ3) is 4.29. The van der Waals surface area contributed by atoms with E-state index in [4.69, 9.17) is 24.3 Å². The van der Waals surface area contributed by atoms with Gasteiger partial charge in [-0.2, -0.15) is 10.4 Å². The molecule has 0 radical (unpaired) electrons. The fraction of sp³-hybridized carbons (Fsp3) is 0.364. The van der Waals surface area contributed by atoms with Crippen LogP contribution >= 0.6 is 7.82 Å². The largest absolute Gasteiger partial charge is 0.472 e. The Labute approximate surface area is 199 Å². The molecule has 1 aromatic carbocycles. The first-order chi connectivity index (χ1) is 16.8. The van der Waals surface area contributed by atoms with Gasteiger partial charge in [0.25, 0.3) is 0 Å². The molecule has 0 saturated carbocycles. The van der Waals surface area contributed by atoms with E-state index in [0.717, 1.165) is 5.56 Å². The topological polar surface area (TPSA) is 171 Å². The van der Waals surface area contributed by atoms with Crippen LogP contribution in [0.2, 0.25) is 0 Å². The van der Waals surface area contributed by atoms with E-state index < -0.39 is 37.7 Å². The third-order valence-electron chi connectivity index (χ3n) is 6.04. The number of phosphoric acid groups is 1. The zero-order chi connectivity index (χ0) is 24.6. The van der Waals surface area contributed by atoms with Gasteiger partial charge < -0.3 is 20.1 Å². The summed E-state index contributed by atoms with van der Waals surface area (Å²) in [5.41, 5.74) is 5.70. The molecule has 12 nitrogen and oxygen atoms in total. The van der Waals surface area contributed by atoms with Gasteiger partial charge in [0.05, 0.1) is 12.3 Å². The number of hydrogen-bond acceptors (Lipinski definition) is 10. The molecule has 2 aliphatic heterocycles. The molecular formula is C22H22N5O7P. The van der Waals surface area contributed by atoms with E-state index in [0.29, 0.717) is 18.4 Å². The number of nitrogen functional groups attached to an aromatic ring is 1. The van der Waals surface area contributed by atoms with Crippen LogP contribution in [0.5, 0.6) is 0 Å². The van der Waals surface area contributed by atoms with Crippen molar-refractivity contribution in [2.24, 2.45) is 0 Å². The van der Waals surface area contributed by atoms with Crippen molar-refractivity contribution in [3.8, 4) is 6.07 Å². The van der Waals surface area contributed by atoms with Gasteiger partial charge in [0.2, 0.25) is 5.60 Å². The number of nitrogens with two attached hydrogens (primary N) is 1. The van der Waals surface area contributed by atoms with Crippen LogP contribution in [0.3, 0.4) is 0 Å². The number of phosphoric ester groups is 1. The maximum absolute atomic E-state index is 12.9. The predicted octanol–water partition coefficient (Wildman–Crippen LogP) is 1.88. The van der Waals surface area contributed by atoms with Crippen molar-refractivity contribution in [1.29, 1.82) is 5.26 Å². The van der Waals surface area contributed by atoms with E-state index in [-0.39, 0.29) is 24.5 Å². The SMILES string of the molecule is N#C[C@@]1(c2ccc3c(N)ncnn23)O[C@@H]2COP(=O)(O)O[C@H]2[C@H]1OC(=O)CCCc1ccccc1. The second-order valence-corrected chi connectivity index (χ2v) is 9.65. The van der Waals surface area contributed by atoms with Gasteiger partial charge in [-0.25, -0.2) is 14.1 Å². The Bertz CT molecular complexity index is 1340. The molecule has 13 heteroatoms. The number of hydrogen-bond donors (Lipinski definition) is 2. The molecule has 35 heavy (non-hydrogen) atoms. The van der Waals surface area contributed by atoms with E-state index in [2.05, 4.69) is 16.2 Å². The van der Waals surface area contributed by atoms with E-state index in [9.17, 15) is 19.5 Å². The Hall–Kier alpha value is -3.33. The smallest absolute Gasteiger partial charge is 0.455 e. The van der Waals surface area contributed by atoms with Gasteiger partial charge >= 0.3 is 13.8 Å². The van der Waals surface area contributed by atoms with Gasteiger partial charge in [0.1, 0.15) is 30.1 Å². The Balaban J connectivity index is 1.45. The maximum Gasteiger partial charge on any atom is 0.472 e. The molecule has 2 aromatic heterocycles. The van der Waals surface area contributed by atoms with Crippen molar-refractivity contribution in [3.05, 3.63) is 60.0 Å². The Morgan fingerprint density at radius 1 is 1.34 bits per heavy atom. The van der Waals surface area contributed by atoms with Crippen LogP contribution < -0.4 is 5.73 Å². The first-order valence-electron chi connectivity index (χ1n) is 10.9. The van der Waals surface area contributed by atoms with Gasteiger partial charge in [-0.05, 0) is 30.5 Å². The summed E-state index contributed by atoms with van der Waals surface area (Å²) in [4.78, 5) is 26.7. The summed E-state index contributed by atoms with van der Waals surface area (Å²) in [5.74, 6) is -0.434. The molecule has 5 rings (SSSR count). The van der Waals surface area contributed by atoms with Crippen molar-refractivity contribution in [2.45, 2.75) is 43.2 Å². The van der Waals surface area contributed by atoms with Crippen LogP contribution in [0.4, 0.5) is 5.82 Å². The summed E-state index contributed by atoms with van der Waals surface area (Å²) >= 11 is 0. The number of esters is 1. The highest BCUT2D eigenvalue weighted by atomic mass is 31.2. The van der Waals surface area contributed by atoms with Crippen molar-refractivity contribution in [3.63, 3.8) is 0 Å². The number of nitrogens with zero attached hydrogens (tertiary/aromatic N) is 4. The molecular weight excluding hydrogens is 477 g/mol. The number of ether oxygens (including phenoxy) is 2. The third-order valence-corrected chi connectivity index (χ3v) is 7.02. The Kier molecular flexibility index (Phi) is 6.04. The highest BCUT2D eigenvalue weighted by Crippen LogP contribution is 2.55. The number of benzene rings is 1. The Morgan fingerprint density at radius 3 is 2.91 bits per heavy atom. The number of carbonyl (C=O) groups is 1. The maximum atomic E-state index is 12.9. The first-order valence-corrected chi connectivity index (χ1v) is 12.4. The molecule has 0 amide bonds. The number of rotatable bonds is 6. The average molecular weight is 499 g/mol. The molecule has 1 unspecified atom stereocenters. The van der Waals surface area contributed by atoms with E-state index >= 15 is 0 Å². The van der Waals surface area contributed by atoms with Crippen molar-refractivity contribution in [1.82, 2.24) is 14.6 Å². The lowest BCUT2D eigenvalue weighted by molar-refractivity contribution is -0.159. The molecule has 4 heterocycles. The second kappa shape index (κ2) is 9.03. The van der Waals surface area contributed by atoms with Crippen LogP contribution in [-0.4, -0.2) is 50.4 Å². The number of fused-ring (bicyclic) bond motifs is 2. The summed E-state index contributed by atoms with van der Waals surface area (Å²) in [6, 6.07) is 14.9. The lowest BCUT2D eigenvalue weighted by Gasteiger charge is -2.30. The molecule has 182 valence electrons. The lowest BCUT2D eigenvalue weighted by atomic mass is 9.92. The summed E-state index contributed by atoms with van der Waals surface area (Å²) in [6.07, 6.45) is -1.11. The fourth-order valence-electron chi connectivity index (χ4n) is 4.42. The van der Waals surface area contributed by atoms with Crippen molar-refractivity contribution < 1.29 is 32.8 Å². The molecule has 2 aliphatic rings. The van der Waals surface area contributed by atoms with Crippen molar-refractivity contribution >= 4 is 25.1 Å². The van der Waals surface area contributed by atoms with E-state index in [1.807, 2.05) is 30.3 Å². The monoisotopic (exact) mass is 499 g/mol. The minimum Gasteiger partial charge on any atom is -0.455 e. The molecule has 3 N–H and O–H groups in total. The molecule has 5 atom stereocenters. The molecule has 2 fully saturated rings. The number of aryl methyl sites for hydroxylation is 1. The molecule has 3 aromatic rings. The number of aromatic nitrogens is 3. The summed E-state index contributed by atoms with van der Waals surface area (Å²) in [7, 11) is -4.43. The number of nitriles is 1. The first kappa shape index (κ1) is 23.4. The fourth-order valence-corrected chi connectivity index (χ4v) is 5.37. The van der Waals surface area contributed by atoms with Gasteiger partial charge in [0, 0.05) is 6.42 Å². The van der Waals surface area contributed by atoms with Crippen LogP contribution in [-0.2, 0) is 39.9 Å². The average Bonchev–Trinajstić information content (AvgIpc) is 3.40. The van der Waals surface area contributed by atoms with Gasteiger partial charge in [-0.15, -0.1) is 0 Å². The highest BCUT2D eigenvalue weighted by molar-refractivity contribution is 7.47. The summed E-state index contributed by atoms with van der Waals surface area (Å²) < 4.78 is 35.4. The van der Waals surface area contributed by atoms with Gasteiger partial charge in [-0.3, -0.25) is 13.8 Å². The summed E-state index contributed by atoms with van der Waals surface area (Å²) in [5, 5.41) is 14.5. The number of carbonyl (C=O) groups excluding carboxylic acids is 1. The molecule has 0 bridgehead atoms. The number of anilines is 1. The predicted molar refractivity (Wildman–Crippen MR) is 119 cm³/mol. The normalized spacial score (nSPS) is 30.0. The quantitative estimate of drug-likeness (QED) is 0.375. The van der Waals surface area contributed by atoms with Crippen LogP contribution in [0.25, 0.3) is 5.52 Å². The molecule has 0 spiro atoms. The van der Waals surface area contributed by atoms with Gasteiger partial charge in [-0.1, -0.05) is 30.3 Å². The van der Waals surface area contributed by atoms with Crippen LogP contribution in [0.1, 0.15) is 24.1 Å². The summed E-state index contributed by atoms with van der Waals surface area (Å²) in [6.45, 7) is -0.329. The second-order valence-electron chi connectivity index (χ2n) is 8.25. The standard InChI is InChI=1S/C22H22N5O7P/c23-12-22(17-10-9-15-21(24)25-13-26-27(15)17)20(19-16(33-22)11-31-35(29,30)34-19)32-18(28)8-4-7-14-5-2-1-3-6-14/h1-3,5-6,9-10,13,16,19-20H,4,7-8,11H2,(H,29,30)(H2,24,25,26)/t16-,19-,20-,22+/m1/s1. The zero-order valence-electron chi connectivity index (χ0n) is 18.4. The van der Waals surface area contributed by atoms with Crippen molar-refractivity contribution in [2.75, 3.05) is 12.3 Å². The lowest BCUT2D eigenvalue weighted by Crippen LogP contribution is -2.46. The van der Waals surface area contributed by atoms with Gasteiger partial charge in [0.15, 0.2) is 11.9 Å². The minimum absolute atomic E-state index is 0.0571.